The predicted octanol–water partition coefficient (Wildman–Crippen LogP) is 20.5. The summed E-state index contributed by atoms with van der Waals surface area (Å²) in [6, 6.07) is 104. The van der Waals surface area contributed by atoms with Crippen molar-refractivity contribution >= 4 is 78.4 Å². The van der Waals surface area contributed by atoms with Gasteiger partial charge in [0.15, 0.2) is 0 Å². The Morgan fingerprint density at radius 3 is 1.56 bits per heavy atom. The first-order chi connectivity index (χ1) is 40.5. The summed E-state index contributed by atoms with van der Waals surface area (Å²) in [5.74, 6) is 0.825. The Morgan fingerprint density at radius 1 is 0.417 bits per heavy atom. The molecule has 13 aromatic rings. The minimum absolute atomic E-state index is 0. The van der Waals surface area contributed by atoms with E-state index in [2.05, 4.69) is 327 Å². The molecular formula is C78H61N5Pt+2. The molecule has 0 unspecified atom stereocenters. The van der Waals surface area contributed by atoms with Crippen LogP contribution >= 0.6 is 0 Å². The zero-order valence-electron chi connectivity index (χ0n) is 47.9. The molecule has 11 aromatic carbocycles. The second kappa shape index (κ2) is 21.7. The maximum atomic E-state index is 4.94. The molecule has 6 heteroatoms. The summed E-state index contributed by atoms with van der Waals surface area (Å²) >= 11 is 0. The van der Waals surface area contributed by atoms with Crippen molar-refractivity contribution in [3.05, 3.63) is 284 Å². The molecule has 0 amide bonds. The number of para-hydroxylation sites is 3. The van der Waals surface area contributed by atoms with E-state index in [0.717, 1.165) is 123 Å². The predicted molar refractivity (Wildman–Crippen MR) is 348 cm³/mol. The number of aromatic nitrogens is 2. The molecule has 1 aliphatic rings. The van der Waals surface area contributed by atoms with Gasteiger partial charge in [0.1, 0.15) is 11.5 Å². The van der Waals surface area contributed by atoms with Crippen LogP contribution in [-0.2, 0) is 31.9 Å². The number of fused-ring (bicyclic) bond motifs is 6. The molecule has 1 aliphatic heterocycles. The van der Waals surface area contributed by atoms with Crippen LogP contribution in [-0.4, -0.2) is 15.6 Å². The normalized spacial score (nSPS) is 12.3. The van der Waals surface area contributed by atoms with Crippen LogP contribution in [0.3, 0.4) is 0 Å². The molecular weight excluding hydrogens is 1200 g/mol. The molecule has 14 rings (SSSR count). The third kappa shape index (κ3) is 9.60. The number of hydrogen-bond acceptors (Lipinski definition) is 2. The van der Waals surface area contributed by atoms with Crippen LogP contribution < -0.4 is 14.1 Å². The number of pyridine rings is 1. The topological polar surface area (TPSA) is 27.1 Å². The fraction of sp³-hybridized carbons (Fsp3) is 0.103. The second-order valence-corrected chi connectivity index (χ2v) is 23.6. The average molecular weight is 1260 g/mol. The van der Waals surface area contributed by atoms with Crippen LogP contribution in [0.2, 0.25) is 0 Å². The molecule has 0 radical (unpaired) electrons. The van der Waals surface area contributed by atoms with Crippen LogP contribution in [0.1, 0.15) is 52.7 Å². The van der Waals surface area contributed by atoms with Crippen molar-refractivity contribution in [1.29, 1.82) is 0 Å². The van der Waals surface area contributed by atoms with Crippen LogP contribution in [0, 0.1) is 12.1 Å². The molecule has 0 fully saturated rings. The van der Waals surface area contributed by atoms with Crippen molar-refractivity contribution in [1.82, 2.24) is 18.7 Å². The Morgan fingerprint density at radius 2 is 0.952 bits per heavy atom. The molecule has 0 spiro atoms. The van der Waals surface area contributed by atoms with E-state index in [0.29, 0.717) is 0 Å². The van der Waals surface area contributed by atoms with Gasteiger partial charge >= 0.3 is 32.8 Å². The zero-order valence-corrected chi connectivity index (χ0v) is 50.2. The van der Waals surface area contributed by atoms with Gasteiger partial charge in [-0.3, -0.25) is 0 Å². The number of nitrogens with zero attached hydrogens (tertiary/aromatic N) is 5. The van der Waals surface area contributed by atoms with Gasteiger partial charge in [-0.15, -0.1) is 23.6 Å². The van der Waals surface area contributed by atoms with Crippen LogP contribution in [0.15, 0.2) is 261 Å². The molecule has 0 atom stereocenters. The quantitative estimate of drug-likeness (QED) is 0.101. The zero-order chi connectivity index (χ0) is 56.4. The molecule has 0 N–H and O–H groups in total. The molecule has 406 valence electrons. The molecule has 84 heavy (non-hydrogen) atoms. The van der Waals surface area contributed by atoms with E-state index >= 15 is 0 Å². The largest absolute Gasteiger partial charge is 2.00 e. The van der Waals surface area contributed by atoms with Crippen molar-refractivity contribution < 1.29 is 21.1 Å². The summed E-state index contributed by atoms with van der Waals surface area (Å²) in [5, 5.41) is 4.49. The Balaban J connectivity index is 0.00000658. The van der Waals surface area contributed by atoms with Crippen molar-refractivity contribution in [2.24, 2.45) is 0 Å². The van der Waals surface area contributed by atoms with Gasteiger partial charge in [-0.05, 0) is 102 Å². The molecule has 0 saturated carbocycles. The minimum atomic E-state index is -0.0211. The standard InChI is InChI=1S/C78H61N5.Pt/c1-77(2,3)58-42-37-56(38-43-58)65-33-21-34-66(57-39-44-59(45-40-57)78(4,5)6)75(65)82(62-46-47-69-68-30-15-16-35-70(68)83(72(69)51-62)73-36-17-18-49-79-73)61-28-19-27-60(50-61)80-52-81(76-67-29-14-13-26-55(67)41-48-71(76)80)74-63(53-22-9-7-10-23-53)31-20-32-64(74)54-24-11-8-12-25-54;/h7-49H,1-6H3;/q;+2. The Hall–Kier alpha value is -9.50. The molecule has 0 saturated heterocycles. The number of anilines is 3. The van der Waals surface area contributed by atoms with E-state index in [1.54, 1.807) is 0 Å². The third-order valence-electron chi connectivity index (χ3n) is 16.3. The molecule has 2 aromatic heterocycles. The molecule has 5 nitrogen and oxygen atoms in total. The van der Waals surface area contributed by atoms with Crippen molar-refractivity contribution in [2.45, 2.75) is 52.4 Å². The average Bonchev–Trinajstić information content (AvgIpc) is 1.76. The Bertz CT molecular complexity index is 4560. The van der Waals surface area contributed by atoms with E-state index in [9.17, 15) is 0 Å². The number of hydrogen-bond donors (Lipinski definition) is 0. The number of rotatable bonds is 10. The van der Waals surface area contributed by atoms with E-state index in [4.69, 9.17) is 4.98 Å². The summed E-state index contributed by atoms with van der Waals surface area (Å²) in [6.45, 7) is 13.6. The van der Waals surface area contributed by atoms with Gasteiger partial charge in [-0.2, -0.15) is 12.1 Å². The summed E-state index contributed by atoms with van der Waals surface area (Å²) in [7, 11) is 0. The van der Waals surface area contributed by atoms with E-state index < -0.39 is 0 Å². The smallest absolute Gasteiger partial charge is 0.357 e. The van der Waals surface area contributed by atoms with Gasteiger partial charge in [0.25, 0.3) is 5.69 Å². The summed E-state index contributed by atoms with van der Waals surface area (Å²) in [6.07, 6.45) is 1.86. The van der Waals surface area contributed by atoms with E-state index in [1.807, 2.05) is 12.3 Å². The van der Waals surface area contributed by atoms with Gasteiger partial charge in [0.05, 0.1) is 22.2 Å². The molecule has 0 bridgehead atoms. The Labute approximate surface area is 506 Å². The van der Waals surface area contributed by atoms with Crippen molar-refractivity contribution in [3.63, 3.8) is 0 Å². The minimum Gasteiger partial charge on any atom is -0.357 e. The van der Waals surface area contributed by atoms with Crippen LogP contribution in [0.25, 0.3) is 82.9 Å². The fourth-order valence-corrected chi connectivity index (χ4v) is 12.1. The SMILES string of the molecule is CC(C)(C)c1ccc(-c2cccc(-c3ccc(C(C)(C)C)cc3)c2N(c2[c-]c([N+]3=C=[N+](c4c(-c5ccccc5)cccc4-c4ccccc4)c4c3ccc3ccccc43)ccc2)c2[c-]c3c(cc2)c2ccccc2n3-c2ccccn2)cc1.[Pt+2]. The first kappa shape index (κ1) is 53.8. The molecule has 3 heterocycles. The van der Waals surface area contributed by atoms with Crippen LogP contribution in [0.4, 0.5) is 39.8 Å². The maximum Gasteiger partial charge on any atom is 2.00 e. The fourth-order valence-electron chi connectivity index (χ4n) is 12.1. The van der Waals surface area contributed by atoms with E-state index in [-0.39, 0.29) is 31.9 Å². The Kier molecular flexibility index (Phi) is 13.9. The summed E-state index contributed by atoms with van der Waals surface area (Å²) in [4.78, 5) is 7.33. The third-order valence-corrected chi connectivity index (χ3v) is 16.3. The first-order valence-corrected chi connectivity index (χ1v) is 28.6. The summed E-state index contributed by atoms with van der Waals surface area (Å²) < 4.78 is 6.75. The number of benzene rings is 11. The maximum absolute atomic E-state index is 4.94. The second-order valence-electron chi connectivity index (χ2n) is 23.6. The molecule has 0 aliphatic carbocycles. The first-order valence-electron chi connectivity index (χ1n) is 28.6. The van der Waals surface area contributed by atoms with Gasteiger partial charge < -0.3 is 9.47 Å². The van der Waals surface area contributed by atoms with E-state index in [1.165, 1.54) is 11.1 Å². The van der Waals surface area contributed by atoms with Gasteiger partial charge in [0.2, 0.25) is 5.69 Å². The summed E-state index contributed by atoms with van der Waals surface area (Å²) in [5.41, 5.74) is 19.9. The van der Waals surface area contributed by atoms with Crippen LogP contribution in [0.5, 0.6) is 0 Å². The monoisotopic (exact) mass is 1260 g/mol. The van der Waals surface area contributed by atoms with Gasteiger partial charge in [-0.25, -0.2) is 4.98 Å². The van der Waals surface area contributed by atoms with Gasteiger partial charge in [-0.1, -0.05) is 251 Å². The van der Waals surface area contributed by atoms with Crippen molar-refractivity contribution in [3.8, 4) is 50.3 Å². The van der Waals surface area contributed by atoms with Gasteiger partial charge in [0, 0.05) is 28.9 Å². The van der Waals surface area contributed by atoms with Crippen molar-refractivity contribution in [2.75, 3.05) is 4.90 Å².